The van der Waals surface area contributed by atoms with Gasteiger partial charge in [0.25, 0.3) is 0 Å². The van der Waals surface area contributed by atoms with Crippen molar-refractivity contribution in [3.05, 3.63) is 35.9 Å². The van der Waals surface area contributed by atoms with Gasteiger partial charge in [-0.05, 0) is 49.6 Å². The van der Waals surface area contributed by atoms with Crippen LogP contribution in [0.2, 0.25) is 0 Å². The summed E-state index contributed by atoms with van der Waals surface area (Å²) in [5.41, 5.74) is 1.09. The highest BCUT2D eigenvalue weighted by Crippen LogP contribution is 2.20. The predicted octanol–water partition coefficient (Wildman–Crippen LogP) is 3.13. The average Bonchev–Trinajstić information content (AvgIpc) is 2.63. The van der Waals surface area contributed by atoms with E-state index in [1.165, 1.54) is 6.42 Å². The lowest BCUT2D eigenvalue weighted by atomic mass is 9.92. The van der Waals surface area contributed by atoms with Crippen LogP contribution in [0.15, 0.2) is 30.3 Å². The molecule has 1 heterocycles. The standard InChI is InChI=1S/C22H35N3O3/c1-17-13-18(2)16-25(15-17)12-6-11-23-22(28)24-20(9-10-21(26)27)14-19-7-4-3-5-8-19/h3-5,7-8,17-18,20H,6,9-16H2,1-2H3,(H,26,27)(H2,23,24,28). The van der Waals surface area contributed by atoms with Gasteiger partial charge in [-0.3, -0.25) is 4.79 Å². The Bertz CT molecular complexity index is 598. The third kappa shape index (κ3) is 8.74. The number of benzene rings is 1. The fourth-order valence-corrected chi connectivity index (χ4v) is 4.14. The monoisotopic (exact) mass is 389 g/mol. The molecule has 6 heteroatoms. The molecule has 0 saturated carbocycles. The molecular formula is C22H35N3O3. The van der Waals surface area contributed by atoms with Crippen molar-refractivity contribution in [2.45, 2.75) is 52.0 Å². The lowest BCUT2D eigenvalue weighted by Gasteiger charge is -2.34. The summed E-state index contributed by atoms with van der Waals surface area (Å²) in [6.45, 7) is 8.52. The van der Waals surface area contributed by atoms with E-state index < -0.39 is 5.97 Å². The summed E-state index contributed by atoms with van der Waals surface area (Å²) < 4.78 is 0. The quantitative estimate of drug-likeness (QED) is 0.537. The molecule has 1 aromatic carbocycles. The molecule has 28 heavy (non-hydrogen) atoms. The minimum absolute atomic E-state index is 0.0448. The molecule has 0 aromatic heterocycles. The van der Waals surface area contributed by atoms with Gasteiger partial charge in [0.15, 0.2) is 0 Å². The van der Waals surface area contributed by atoms with Crippen LogP contribution in [0.4, 0.5) is 4.79 Å². The van der Waals surface area contributed by atoms with Crippen molar-refractivity contribution < 1.29 is 14.7 Å². The second kappa shape index (κ2) is 11.7. The Balaban J connectivity index is 1.71. The summed E-state index contributed by atoms with van der Waals surface area (Å²) in [6.07, 6.45) is 3.32. The van der Waals surface area contributed by atoms with Gasteiger partial charge >= 0.3 is 12.0 Å². The van der Waals surface area contributed by atoms with E-state index in [0.717, 1.165) is 43.5 Å². The zero-order valence-electron chi connectivity index (χ0n) is 17.2. The molecular weight excluding hydrogens is 354 g/mol. The van der Waals surface area contributed by atoms with Crippen molar-refractivity contribution in [3.63, 3.8) is 0 Å². The Morgan fingerprint density at radius 1 is 1.18 bits per heavy atom. The van der Waals surface area contributed by atoms with Crippen LogP contribution in [0, 0.1) is 11.8 Å². The van der Waals surface area contributed by atoms with Gasteiger partial charge in [0, 0.05) is 32.1 Å². The van der Waals surface area contributed by atoms with E-state index in [2.05, 4.69) is 29.4 Å². The number of carbonyl (C=O) groups excluding carboxylic acids is 1. The first kappa shape index (κ1) is 22.2. The smallest absolute Gasteiger partial charge is 0.315 e. The summed E-state index contributed by atoms with van der Waals surface area (Å²) in [4.78, 5) is 25.7. The van der Waals surface area contributed by atoms with Gasteiger partial charge in [-0.2, -0.15) is 0 Å². The van der Waals surface area contributed by atoms with Gasteiger partial charge in [-0.25, -0.2) is 4.79 Å². The first-order chi connectivity index (χ1) is 13.4. The molecule has 6 nitrogen and oxygen atoms in total. The van der Waals surface area contributed by atoms with E-state index in [4.69, 9.17) is 5.11 Å². The Morgan fingerprint density at radius 2 is 1.86 bits per heavy atom. The van der Waals surface area contributed by atoms with E-state index in [9.17, 15) is 9.59 Å². The number of carbonyl (C=O) groups is 2. The Morgan fingerprint density at radius 3 is 2.50 bits per heavy atom. The van der Waals surface area contributed by atoms with Crippen molar-refractivity contribution in [2.24, 2.45) is 11.8 Å². The first-order valence-corrected chi connectivity index (χ1v) is 10.4. The maximum Gasteiger partial charge on any atom is 0.315 e. The summed E-state index contributed by atoms with van der Waals surface area (Å²) in [5.74, 6) is 0.645. The van der Waals surface area contributed by atoms with Crippen molar-refractivity contribution in [3.8, 4) is 0 Å². The first-order valence-electron chi connectivity index (χ1n) is 10.4. The molecule has 0 spiro atoms. The summed E-state index contributed by atoms with van der Waals surface area (Å²) in [7, 11) is 0. The van der Waals surface area contributed by atoms with E-state index in [1.807, 2.05) is 30.3 Å². The molecule has 2 amide bonds. The van der Waals surface area contributed by atoms with Crippen molar-refractivity contribution >= 4 is 12.0 Å². The number of piperidine rings is 1. The van der Waals surface area contributed by atoms with Gasteiger partial charge in [-0.1, -0.05) is 44.2 Å². The number of likely N-dealkylation sites (tertiary alicyclic amines) is 1. The SMILES string of the molecule is CC1CC(C)CN(CCCNC(=O)NC(CCC(=O)O)Cc2ccccc2)C1. The number of urea groups is 1. The van der Waals surface area contributed by atoms with Gasteiger partial charge in [0.2, 0.25) is 0 Å². The maximum absolute atomic E-state index is 12.3. The minimum Gasteiger partial charge on any atom is -0.481 e. The topological polar surface area (TPSA) is 81.7 Å². The third-order valence-corrected chi connectivity index (χ3v) is 5.25. The molecule has 1 aliphatic heterocycles. The van der Waals surface area contributed by atoms with Gasteiger partial charge in [0.1, 0.15) is 0 Å². The number of hydrogen-bond acceptors (Lipinski definition) is 3. The van der Waals surface area contributed by atoms with Crippen LogP contribution >= 0.6 is 0 Å². The second-order valence-corrected chi connectivity index (χ2v) is 8.28. The second-order valence-electron chi connectivity index (χ2n) is 8.28. The van der Waals surface area contributed by atoms with Crippen LogP contribution in [0.1, 0.15) is 45.1 Å². The molecule has 0 bridgehead atoms. The van der Waals surface area contributed by atoms with Crippen molar-refractivity contribution in [2.75, 3.05) is 26.2 Å². The number of nitrogens with zero attached hydrogens (tertiary/aromatic N) is 1. The van der Waals surface area contributed by atoms with E-state index in [0.29, 0.717) is 19.4 Å². The Hall–Kier alpha value is -2.08. The molecule has 2 rings (SSSR count). The highest BCUT2D eigenvalue weighted by Gasteiger charge is 2.21. The average molecular weight is 390 g/mol. The number of aliphatic carboxylic acids is 1. The van der Waals surface area contributed by atoms with Crippen LogP contribution < -0.4 is 10.6 Å². The van der Waals surface area contributed by atoms with Gasteiger partial charge < -0.3 is 20.6 Å². The Labute approximate surface area is 168 Å². The van der Waals surface area contributed by atoms with Crippen molar-refractivity contribution in [1.29, 1.82) is 0 Å². The predicted molar refractivity (Wildman–Crippen MR) is 111 cm³/mol. The molecule has 1 saturated heterocycles. The normalized spacial score (nSPS) is 21.1. The molecule has 3 unspecified atom stereocenters. The van der Waals surface area contributed by atoms with E-state index >= 15 is 0 Å². The zero-order chi connectivity index (χ0) is 20.4. The highest BCUT2D eigenvalue weighted by molar-refractivity contribution is 5.74. The summed E-state index contributed by atoms with van der Waals surface area (Å²) in [6, 6.07) is 9.42. The molecule has 1 fully saturated rings. The largest absolute Gasteiger partial charge is 0.481 e. The highest BCUT2D eigenvalue weighted by atomic mass is 16.4. The van der Waals surface area contributed by atoms with Gasteiger partial charge in [0.05, 0.1) is 0 Å². The zero-order valence-corrected chi connectivity index (χ0v) is 17.2. The van der Waals surface area contributed by atoms with Crippen LogP contribution in [0.25, 0.3) is 0 Å². The fraction of sp³-hybridized carbons (Fsp3) is 0.636. The van der Waals surface area contributed by atoms with Crippen LogP contribution in [-0.2, 0) is 11.2 Å². The van der Waals surface area contributed by atoms with Gasteiger partial charge in [-0.15, -0.1) is 0 Å². The minimum atomic E-state index is -0.842. The number of rotatable bonds is 10. The number of nitrogens with one attached hydrogen (secondary N) is 2. The number of hydrogen-bond donors (Lipinski definition) is 3. The van der Waals surface area contributed by atoms with Crippen LogP contribution in [0.5, 0.6) is 0 Å². The lowest BCUT2D eigenvalue weighted by Crippen LogP contribution is -2.44. The third-order valence-electron chi connectivity index (χ3n) is 5.25. The summed E-state index contributed by atoms with van der Waals surface area (Å²) >= 11 is 0. The fourth-order valence-electron chi connectivity index (χ4n) is 4.14. The number of carboxylic acids is 1. The number of amides is 2. The van der Waals surface area contributed by atoms with Crippen molar-refractivity contribution in [1.82, 2.24) is 15.5 Å². The molecule has 3 atom stereocenters. The molecule has 1 aliphatic rings. The maximum atomic E-state index is 12.3. The van der Waals surface area contributed by atoms with E-state index in [1.54, 1.807) is 0 Å². The molecule has 0 aliphatic carbocycles. The van der Waals surface area contributed by atoms with Crippen LogP contribution in [-0.4, -0.2) is 54.2 Å². The molecule has 1 aromatic rings. The Kier molecular flexibility index (Phi) is 9.28. The number of carboxylic acid groups (broad SMARTS) is 1. The molecule has 3 N–H and O–H groups in total. The lowest BCUT2D eigenvalue weighted by molar-refractivity contribution is -0.137. The van der Waals surface area contributed by atoms with E-state index in [-0.39, 0.29) is 18.5 Å². The molecule has 0 radical (unpaired) electrons. The summed E-state index contributed by atoms with van der Waals surface area (Å²) in [5, 5.41) is 14.8. The molecule has 156 valence electrons. The van der Waals surface area contributed by atoms with Crippen LogP contribution in [0.3, 0.4) is 0 Å².